The first kappa shape index (κ1) is 19.0. The average Bonchev–Trinajstić information content (AvgIpc) is 2.57. The number of rotatable bonds is 7. The van der Waals surface area contributed by atoms with E-state index in [0.717, 1.165) is 14.9 Å². The van der Waals surface area contributed by atoms with Crippen LogP contribution in [0.1, 0.15) is 12.5 Å². The summed E-state index contributed by atoms with van der Waals surface area (Å²) in [6.07, 6.45) is 0.327. The number of primary amides is 1. The first-order chi connectivity index (χ1) is 11.9. The lowest BCUT2D eigenvalue weighted by Crippen LogP contribution is -2.45. The van der Waals surface area contributed by atoms with Crippen molar-refractivity contribution in [3.05, 3.63) is 51.6 Å². The van der Waals surface area contributed by atoms with E-state index >= 15 is 0 Å². The molecule has 0 bridgehead atoms. The maximum atomic E-state index is 11.5. The lowest BCUT2D eigenvalue weighted by molar-refractivity contribution is -0.126. The molecule has 2 aromatic rings. The second kappa shape index (κ2) is 8.70. The predicted molar refractivity (Wildman–Crippen MR) is 103 cm³/mol. The molecule has 0 heterocycles. The molecule has 0 saturated heterocycles. The molecule has 3 N–H and O–H groups in total. The molecule has 132 valence electrons. The van der Waals surface area contributed by atoms with E-state index in [4.69, 9.17) is 15.2 Å². The second-order valence-corrected chi connectivity index (χ2v) is 6.56. The van der Waals surface area contributed by atoms with E-state index in [0.29, 0.717) is 17.9 Å². The number of hydrogen-bond acceptors (Lipinski definition) is 4. The highest BCUT2D eigenvalue weighted by atomic mass is 127. The lowest BCUT2D eigenvalue weighted by atomic mass is 10.1. The number of hydrogen-bond donors (Lipinski definition) is 2. The highest BCUT2D eigenvalue weighted by Gasteiger charge is 2.17. The maximum absolute atomic E-state index is 11.5. The Bertz CT molecular complexity index is 762. The quantitative estimate of drug-likeness (QED) is 0.630. The van der Waals surface area contributed by atoms with Crippen molar-refractivity contribution in [1.29, 1.82) is 0 Å². The fraction of sp³-hybridized carbons (Fsp3) is 0.222. The first-order valence-electron chi connectivity index (χ1n) is 7.56. The number of nitrogens with one attached hydrogen (secondary N) is 1. The van der Waals surface area contributed by atoms with Gasteiger partial charge in [-0.15, -0.1) is 0 Å². The van der Waals surface area contributed by atoms with Gasteiger partial charge in [-0.1, -0.05) is 6.07 Å². The van der Waals surface area contributed by atoms with E-state index in [9.17, 15) is 9.59 Å². The smallest absolute Gasteiger partial charge is 0.240 e. The molecule has 0 aromatic heterocycles. The molecular formula is C18H19IN2O4. The average molecular weight is 454 g/mol. The first-order valence-corrected chi connectivity index (χ1v) is 8.63. The summed E-state index contributed by atoms with van der Waals surface area (Å²) >= 11 is 2.16. The van der Waals surface area contributed by atoms with Crippen molar-refractivity contribution in [2.75, 3.05) is 7.11 Å². The van der Waals surface area contributed by atoms with E-state index in [1.165, 1.54) is 6.92 Å². The van der Waals surface area contributed by atoms with E-state index in [1.54, 1.807) is 7.11 Å². The van der Waals surface area contributed by atoms with Gasteiger partial charge in [0.2, 0.25) is 11.8 Å². The van der Waals surface area contributed by atoms with Gasteiger partial charge in [0.15, 0.2) is 0 Å². The third-order valence-corrected chi connectivity index (χ3v) is 4.29. The van der Waals surface area contributed by atoms with Gasteiger partial charge in [-0.25, -0.2) is 0 Å². The standard InChI is InChI=1S/C18H19IN2O4/c1-11(22)21-16(18(20)23)10-12-3-8-17(15(19)9-12)25-14-6-4-13(24-2)5-7-14/h3-9,16H,10H2,1-2H3,(H2,20,23)(H,21,22)/t16-/m0/s1. The van der Waals surface area contributed by atoms with Gasteiger partial charge in [0, 0.05) is 13.3 Å². The van der Waals surface area contributed by atoms with E-state index in [2.05, 4.69) is 27.9 Å². The van der Waals surface area contributed by atoms with Crippen LogP contribution >= 0.6 is 22.6 Å². The Kier molecular flexibility index (Phi) is 6.63. The van der Waals surface area contributed by atoms with Crippen LogP contribution in [-0.4, -0.2) is 25.0 Å². The summed E-state index contributed by atoms with van der Waals surface area (Å²) in [5.41, 5.74) is 6.21. The minimum absolute atomic E-state index is 0.294. The molecule has 2 rings (SSSR count). The zero-order valence-corrected chi connectivity index (χ0v) is 16.1. The molecule has 1 atom stereocenters. The van der Waals surface area contributed by atoms with Crippen molar-refractivity contribution in [2.24, 2.45) is 5.73 Å². The Balaban J connectivity index is 2.10. The van der Waals surface area contributed by atoms with Gasteiger partial charge in [-0.05, 0) is 64.6 Å². The largest absolute Gasteiger partial charge is 0.497 e. The number of methoxy groups -OCH3 is 1. The Hall–Kier alpha value is -2.29. The van der Waals surface area contributed by atoms with Gasteiger partial charge in [0.25, 0.3) is 0 Å². The van der Waals surface area contributed by atoms with Gasteiger partial charge < -0.3 is 20.5 Å². The van der Waals surface area contributed by atoms with Crippen molar-refractivity contribution in [3.8, 4) is 17.2 Å². The number of nitrogens with two attached hydrogens (primary N) is 1. The van der Waals surface area contributed by atoms with Crippen LogP contribution in [0.25, 0.3) is 0 Å². The number of halogens is 1. The van der Waals surface area contributed by atoms with Crippen LogP contribution in [-0.2, 0) is 16.0 Å². The molecule has 0 fully saturated rings. The summed E-state index contributed by atoms with van der Waals surface area (Å²) in [4.78, 5) is 22.6. The summed E-state index contributed by atoms with van der Waals surface area (Å²) in [7, 11) is 1.61. The van der Waals surface area contributed by atoms with Gasteiger partial charge in [0.05, 0.1) is 10.7 Å². The summed E-state index contributed by atoms with van der Waals surface area (Å²) in [5, 5.41) is 2.55. The third-order valence-electron chi connectivity index (χ3n) is 3.44. The Labute approximate surface area is 159 Å². The number of benzene rings is 2. The molecular weight excluding hydrogens is 435 g/mol. The van der Waals surface area contributed by atoms with Gasteiger partial charge >= 0.3 is 0 Å². The normalized spacial score (nSPS) is 11.5. The fourth-order valence-electron chi connectivity index (χ4n) is 2.23. The minimum Gasteiger partial charge on any atom is -0.497 e. The molecule has 2 aromatic carbocycles. The van der Waals surface area contributed by atoms with E-state index < -0.39 is 11.9 Å². The monoisotopic (exact) mass is 454 g/mol. The van der Waals surface area contributed by atoms with Gasteiger partial charge in [-0.3, -0.25) is 9.59 Å². The van der Waals surface area contributed by atoms with Crippen molar-refractivity contribution < 1.29 is 19.1 Å². The van der Waals surface area contributed by atoms with Gasteiger partial charge in [-0.2, -0.15) is 0 Å². The molecule has 7 heteroatoms. The van der Waals surface area contributed by atoms with E-state index in [-0.39, 0.29) is 5.91 Å². The molecule has 25 heavy (non-hydrogen) atoms. The van der Waals surface area contributed by atoms with Crippen molar-refractivity contribution in [2.45, 2.75) is 19.4 Å². The maximum Gasteiger partial charge on any atom is 0.240 e. The summed E-state index contributed by atoms with van der Waals surface area (Å²) in [6, 6.07) is 12.1. The molecule has 0 saturated carbocycles. The minimum atomic E-state index is -0.735. The van der Waals surface area contributed by atoms with Crippen LogP contribution in [0, 0.1) is 3.57 Å². The van der Waals surface area contributed by atoms with Crippen molar-refractivity contribution in [1.82, 2.24) is 5.32 Å². The molecule has 0 aliphatic carbocycles. The molecule has 6 nitrogen and oxygen atoms in total. The van der Waals surface area contributed by atoms with Crippen LogP contribution in [0.15, 0.2) is 42.5 Å². The predicted octanol–water partition coefficient (Wildman–Crippen LogP) is 2.62. The molecule has 0 aliphatic heterocycles. The zero-order valence-electron chi connectivity index (χ0n) is 13.9. The van der Waals surface area contributed by atoms with Crippen molar-refractivity contribution >= 4 is 34.4 Å². The van der Waals surface area contributed by atoms with Crippen LogP contribution in [0.2, 0.25) is 0 Å². The van der Waals surface area contributed by atoms with Crippen LogP contribution < -0.4 is 20.5 Å². The number of carbonyl (C=O) groups excluding carboxylic acids is 2. The number of amides is 2. The zero-order chi connectivity index (χ0) is 18.4. The van der Waals surface area contributed by atoms with Gasteiger partial charge in [0.1, 0.15) is 23.3 Å². The fourth-order valence-corrected chi connectivity index (χ4v) is 2.92. The topological polar surface area (TPSA) is 90.7 Å². The highest BCUT2D eigenvalue weighted by molar-refractivity contribution is 14.1. The van der Waals surface area contributed by atoms with Crippen LogP contribution in [0.3, 0.4) is 0 Å². The Morgan fingerprint density at radius 2 is 1.80 bits per heavy atom. The Morgan fingerprint density at radius 3 is 2.32 bits per heavy atom. The molecule has 0 spiro atoms. The molecule has 0 unspecified atom stereocenters. The number of carbonyl (C=O) groups is 2. The van der Waals surface area contributed by atoms with Crippen LogP contribution in [0.4, 0.5) is 0 Å². The van der Waals surface area contributed by atoms with Crippen LogP contribution in [0.5, 0.6) is 17.2 Å². The SMILES string of the molecule is COc1ccc(Oc2ccc(C[C@H](NC(C)=O)C(N)=O)cc2I)cc1. The third kappa shape index (κ3) is 5.63. The summed E-state index contributed by atoms with van der Waals surface area (Å²) in [5.74, 6) is 1.29. The molecule has 0 radical (unpaired) electrons. The molecule has 0 aliphatic rings. The Morgan fingerprint density at radius 1 is 1.16 bits per heavy atom. The number of ether oxygens (including phenoxy) is 2. The summed E-state index contributed by atoms with van der Waals surface area (Å²) in [6.45, 7) is 1.35. The van der Waals surface area contributed by atoms with E-state index in [1.807, 2.05) is 42.5 Å². The lowest BCUT2D eigenvalue weighted by Gasteiger charge is -2.15. The molecule has 2 amide bonds. The highest BCUT2D eigenvalue weighted by Crippen LogP contribution is 2.29. The second-order valence-electron chi connectivity index (χ2n) is 5.40. The summed E-state index contributed by atoms with van der Waals surface area (Å²) < 4.78 is 11.9. The van der Waals surface area contributed by atoms with Crippen molar-refractivity contribution in [3.63, 3.8) is 0 Å².